The lowest BCUT2D eigenvalue weighted by Crippen LogP contribution is -2.43. The highest BCUT2D eigenvalue weighted by Crippen LogP contribution is 2.56. The smallest absolute Gasteiger partial charge is 0.162 e. The third-order valence-electron chi connectivity index (χ3n) is 8.36. The number of nitrogens with zero attached hydrogens (tertiary/aromatic N) is 1. The molecule has 1 N–H and O–H groups in total. The number of Topliss-reactive ketones (excluding diaryl/α,β-unsaturated/α-hetero) is 1. The fraction of sp³-hybridized carbons (Fsp3) is 0.581. The van der Waals surface area contributed by atoms with Crippen molar-refractivity contribution in [3.05, 3.63) is 64.7 Å². The summed E-state index contributed by atoms with van der Waals surface area (Å²) in [6, 6.07) is 14.8. The molecule has 1 unspecified atom stereocenters. The molecule has 0 aliphatic heterocycles. The normalized spacial score (nSPS) is 23.6. The second-order valence-corrected chi connectivity index (χ2v) is 10.5. The van der Waals surface area contributed by atoms with Gasteiger partial charge < -0.3 is 14.7 Å². The Morgan fingerprint density at radius 3 is 2.57 bits per heavy atom. The first-order valence-corrected chi connectivity index (χ1v) is 13.8. The van der Waals surface area contributed by atoms with E-state index in [4.69, 9.17) is 4.74 Å². The van der Waals surface area contributed by atoms with Crippen molar-refractivity contribution in [3.63, 3.8) is 0 Å². The summed E-state index contributed by atoms with van der Waals surface area (Å²) in [4.78, 5) is 15.4. The van der Waals surface area contributed by atoms with Crippen LogP contribution in [0.4, 0.5) is 0 Å². The average Bonchev–Trinajstić information content (AvgIpc) is 3.16. The van der Waals surface area contributed by atoms with Crippen molar-refractivity contribution in [2.24, 2.45) is 5.41 Å². The molecule has 4 rings (SSSR count). The molecule has 190 valence electrons. The summed E-state index contributed by atoms with van der Waals surface area (Å²) < 4.78 is 5.88. The number of hydrogen-bond donors (Lipinski definition) is 1. The van der Waals surface area contributed by atoms with Crippen LogP contribution in [0.25, 0.3) is 0 Å². The number of ketones is 1. The molecule has 0 saturated heterocycles. The Kier molecular flexibility index (Phi) is 8.67. The average molecular weight is 478 g/mol. The highest BCUT2D eigenvalue weighted by atomic mass is 16.5. The molecular formula is C31H43NO3. The number of aliphatic hydroxyl groups excluding tert-OH is 1. The zero-order chi connectivity index (χ0) is 24.8. The molecule has 1 atom stereocenters. The molecule has 0 radical (unpaired) electrons. The highest BCUT2D eigenvalue weighted by molar-refractivity contribution is 5.96. The molecule has 4 heteroatoms. The second-order valence-electron chi connectivity index (χ2n) is 10.5. The minimum Gasteiger partial charge on any atom is -0.494 e. The summed E-state index contributed by atoms with van der Waals surface area (Å²) in [5.41, 5.74) is 4.32. The van der Waals surface area contributed by atoms with Gasteiger partial charge in [0.1, 0.15) is 5.75 Å². The Bertz CT molecular complexity index is 992. The van der Waals surface area contributed by atoms with E-state index in [1.165, 1.54) is 11.1 Å². The number of benzene rings is 2. The van der Waals surface area contributed by atoms with E-state index in [0.29, 0.717) is 19.1 Å². The Morgan fingerprint density at radius 1 is 1.09 bits per heavy atom. The number of fused-ring (bicyclic) bond motifs is 1. The fourth-order valence-electron chi connectivity index (χ4n) is 6.41. The van der Waals surface area contributed by atoms with Crippen molar-refractivity contribution < 1.29 is 14.6 Å². The largest absolute Gasteiger partial charge is 0.494 e. The van der Waals surface area contributed by atoms with E-state index in [0.717, 1.165) is 81.3 Å². The van der Waals surface area contributed by atoms with Crippen LogP contribution in [0.3, 0.4) is 0 Å². The van der Waals surface area contributed by atoms with Gasteiger partial charge >= 0.3 is 0 Å². The van der Waals surface area contributed by atoms with Crippen LogP contribution in [0, 0.1) is 5.41 Å². The van der Waals surface area contributed by atoms with Crippen LogP contribution in [0.15, 0.2) is 42.5 Å². The zero-order valence-electron chi connectivity index (χ0n) is 21.9. The Morgan fingerprint density at radius 2 is 1.86 bits per heavy atom. The van der Waals surface area contributed by atoms with Crippen LogP contribution < -0.4 is 4.74 Å². The molecule has 1 spiro atoms. The SMILES string of the molecule is CCCN(CCCC(=O)c1cccc(CC)c1)C1CCC2(CC1)Cc1c(OCC)cccc1C2O. The molecule has 35 heavy (non-hydrogen) atoms. The van der Waals surface area contributed by atoms with Gasteiger partial charge in [-0.3, -0.25) is 4.79 Å². The molecule has 0 bridgehead atoms. The monoisotopic (exact) mass is 477 g/mol. The van der Waals surface area contributed by atoms with Crippen LogP contribution in [0.2, 0.25) is 0 Å². The van der Waals surface area contributed by atoms with Gasteiger partial charge in [0.05, 0.1) is 12.7 Å². The predicted molar refractivity (Wildman–Crippen MR) is 142 cm³/mol. The van der Waals surface area contributed by atoms with E-state index in [2.05, 4.69) is 36.9 Å². The number of hydrogen-bond acceptors (Lipinski definition) is 4. The molecule has 0 heterocycles. The third-order valence-corrected chi connectivity index (χ3v) is 8.36. The molecule has 2 aliphatic carbocycles. The van der Waals surface area contributed by atoms with Gasteiger partial charge in [0.25, 0.3) is 0 Å². The Hall–Kier alpha value is -2.17. The van der Waals surface area contributed by atoms with Gasteiger partial charge in [0.2, 0.25) is 0 Å². The van der Waals surface area contributed by atoms with Crippen molar-refractivity contribution in [1.29, 1.82) is 0 Å². The minimum absolute atomic E-state index is 0.0514. The first-order valence-electron chi connectivity index (χ1n) is 13.8. The van der Waals surface area contributed by atoms with Crippen molar-refractivity contribution in [1.82, 2.24) is 4.90 Å². The van der Waals surface area contributed by atoms with Crippen LogP contribution >= 0.6 is 0 Å². The molecule has 1 fully saturated rings. The Balaban J connectivity index is 1.33. The lowest BCUT2D eigenvalue weighted by molar-refractivity contribution is -0.0122. The molecule has 0 aromatic heterocycles. The predicted octanol–water partition coefficient (Wildman–Crippen LogP) is 6.54. The van der Waals surface area contributed by atoms with Gasteiger partial charge in [-0.1, -0.05) is 44.2 Å². The molecule has 2 aliphatic rings. The maximum Gasteiger partial charge on any atom is 0.162 e. The standard InChI is InChI=1S/C31H43NO3/c1-4-19-32(20-9-13-28(33)24-11-7-10-23(5-2)21-24)25-15-17-31(18-16-25)22-27-26(30(31)34)12-8-14-29(27)35-6-3/h7-8,10-12,14,21,25,30,34H,4-6,9,13,15-20,22H2,1-3H3. The first-order chi connectivity index (χ1) is 17.0. The third kappa shape index (κ3) is 5.65. The van der Waals surface area contributed by atoms with E-state index in [1.54, 1.807) is 0 Å². The lowest BCUT2D eigenvalue weighted by atomic mass is 9.69. The maximum atomic E-state index is 12.8. The quantitative estimate of drug-likeness (QED) is 0.373. The van der Waals surface area contributed by atoms with Crippen molar-refractivity contribution >= 4 is 5.78 Å². The highest BCUT2D eigenvalue weighted by Gasteiger charge is 2.48. The first kappa shape index (κ1) is 25.9. The van der Waals surface area contributed by atoms with Gasteiger partial charge in [-0.25, -0.2) is 0 Å². The van der Waals surface area contributed by atoms with Gasteiger partial charge in [-0.05, 0) is 94.6 Å². The number of rotatable bonds is 11. The number of ether oxygens (including phenoxy) is 1. The van der Waals surface area contributed by atoms with Crippen LogP contribution in [-0.4, -0.2) is 41.5 Å². The molecule has 4 nitrogen and oxygen atoms in total. The van der Waals surface area contributed by atoms with E-state index < -0.39 is 6.10 Å². The van der Waals surface area contributed by atoms with Crippen LogP contribution in [-0.2, 0) is 12.8 Å². The van der Waals surface area contributed by atoms with Gasteiger partial charge in [-0.15, -0.1) is 0 Å². The number of aryl methyl sites for hydroxylation is 1. The number of carbonyl (C=O) groups excluding carboxylic acids is 1. The van der Waals surface area contributed by atoms with E-state index in [1.807, 2.05) is 31.2 Å². The Labute approximate surface area is 211 Å². The van der Waals surface area contributed by atoms with E-state index in [9.17, 15) is 9.90 Å². The van der Waals surface area contributed by atoms with Gasteiger partial charge in [0.15, 0.2) is 5.78 Å². The van der Waals surface area contributed by atoms with Crippen LogP contribution in [0.1, 0.15) is 98.9 Å². The van der Waals surface area contributed by atoms with Crippen molar-refractivity contribution in [3.8, 4) is 5.75 Å². The van der Waals surface area contributed by atoms with Gasteiger partial charge in [0, 0.05) is 29.0 Å². The number of carbonyl (C=O) groups is 1. The summed E-state index contributed by atoms with van der Waals surface area (Å²) in [5.74, 6) is 1.21. The van der Waals surface area contributed by atoms with E-state index >= 15 is 0 Å². The fourth-order valence-corrected chi connectivity index (χ4v) is 6.41. The maximum absolute atomic E-state index is 12.8. The summed E-state index contributed by atoms with van der Waals surface area (Å²) in [5, 5.41) is 11.3. The summed E-state index contributed by atoms with van der Waals surface area (Å²) in [6.07, 6.45) is 8.44. The second kappa shape index (κ2) is 11.7. The molecule has 1 saturated carbocycles. The lowest BCUT2D eigenvalue weighted by Gasteiger charge is -2.43. The molecule has 0 amide bonds. The summed E-state index contributed by atoms with van der Waals surface area (Å²) in [6.45, 7) is 9.09. The van der Waals surface area contributed by atoms with Crippen molar-refractivity contribution in [2.75, 3.05) is 19.7 Å². The zero-order valence-corrected chi connectivity index (χ0v) is 21.9. The summed E-state index contributed by atoms with van der Waals surface area (Å²) in [7, 11) is 0. The molecule has 2 aromatic rings. The molecular weight excluding hydrogens is 434 g/mol. The molecule has 2 aromatic carbocycles. The van der Waals surface area contributed by atoms with Gasteiger partial charge in [-0.2, -0.15) is 0 Å². The minimum atomic E-state index is -0.394. The van der Waals surface area contributed by atoms with Crippen LogP contribution in [0.5, 0.6) is 5.75 Å². The van der Waals surface area contributed by atoms with E-state index in [-0.39, 0.29) is 11.2 Å². The van der Waals surface area contributed by atoms with Crippen molar-refractivity contribution in [2.45, 2.75) is 90.7 Å². The topological polar surface area (TPSA) is 49.8 Å². The number of aliphatic hydroxyl groups is 1. The summed E-state index contributed by atoms with van der Waals surface area (Å²) >= 11 is 0.